The maximum Gasteiger partial charge on any atom is 0.408 e. The molecule has 1 saturated heterocycles. The summed E-state index contributed by atoms with van der Waals surface area (Å²) in [7, 11) is 0. The summed E-state index contributed by atoms with van der Waals surface area (Å²) in [6.45, 7) is 11.0. The van der Waals surface area contributed by atoms with E-state index in [0.717, 1.165) is 12.1 Å². The summed E-state index contributed by atoms with van der Waals surface area (Å²) in [5.41, 5.74) is 0.411. The number of nitrogens with zero attached hydrogens (tertiary/aromatic N) is 2. The van der Waals surface area contributed by atoms with Crippen LogP contribution in [0.4, 0.5) is 4.79 Å². The van der Waals surface area contributed by atoms with E-state index < -0.39 is 17.7 Å². The molecule has 3 rings (SSSR count). The normalized spacial score (nSPS) is 22.4. The predicted octanol–water partition coefficient (Wildman–Crippen LogP) is 2.34. The molecule has 0 saturated carbocycles. The third-order valence-electron chi connectivity index (χ3n) is 5.40. The molecule has 1 aromatic heterocycles. The number of pyridine rings is 1. The molecule has 1 fully saturated rings. The lowest BCUT2D eigenvalue weighted by molar-refractivity contribution is -0.137. The number of hydrogen-bond donors (Lipinski definition) is 1. The van der Waals surface area contributed by atoms with Crippen molar-refractivity contribution in [3.05, 3.63) is 34.2 Å². The number of likely N-dealkylation sites (tertiary alicyclic amines) is 1. The van der Waals surface area contributed by atoms with E-state index >= 15 is 0 Å². The van der Waals surface area contributed by atoms with Crippen molar-refractivity contribution in [2.24, 2.45) is 11.8 Å². The van der Waals surface area contributed by atoms with Crippen LogP contribution in [0.1, 0.15) is 52.7 Å². The van der Waals surface area contributed by atoms with E-state index in [1.54, 1.807) is 32.9 Å². The van der Waals surface area contributed by atoms with E-state index in [-0.39, 0.29) is 29.2 Å². The number of aromatic nitrogens is 1. The van der Waals surface area contributed by atoms with Crippen LogP contribution >= 0.6 is 0 Å². The minimum Gasteiger partial charge on any atom is -0.444 e. The van der Waals surface area contributed by atoms with E-state index in [2.05, 4.69) is 5.32 Å². The first-order chi connectivity index (χ1) is 13.0. The SMILES string of the molecule is CC(C)[C@H](NC(=O)OC(C)(C)C)C(=O)N1CC2CC(C1)c1cccc(=O)n1C2. The highest BCUT2D eigenvalue weighted by Crippen LogP contribution is 2.35. The molecule has 1 aromatic rings. The van der Waals surface area contributed by atoms with Crippen LogP contribution in [0.2, 0.25) is 0 Å². The fraction of sp³-hybridized carbons (Fsp3) is 0.667. The van der Waals surface area contributed by atoms with Gasteiger partial charge in [-0.25, -0.2) is 4.79 Å². The summed E-state index contributed by atoms with van der Waals surface area (Å²) < 4.78 is 7.18. The molecule has 3 heterocycles. The first-order valence-electron chi connectivity index (χ1n) is 10.0. The largest absolute Gasteiger partial charge is 0.444 e. The zero-order chi connectivity index (χ0) is 20.6. The highest BCUT2D eigenvalue weighted by Gasteiger charge is 2.39. The summed E-state index contributed by atoms with van der Waals surface area (Å²) >= 11 is 0. The van der Waals surface area contributed by atoms with Gasteiger partial charge in [0.25, 0.3) is 5.56 Å². The molecule has 3 atom stereocenters. The molecule has 2 amide bonds. The van der Waals surface area contributed by atoms with Gasteiger partial charge in [-0.1, -0.05) is 19.9 Å². The third kappa shape index (κ3) is 4.39. The minimum absolute atomic E-state index is 0.0265. The molecule has 0 aromatic carbocycles. The van der Waals surface area contributed by atoms with E-state index in [9.17, 15) is 14.4 Å². The van der Waals surface area contributed by atoms with E-state index in [1.165, 1.54) is 0 Å². The number of nitrogens with one attached hydrogen (secondary N) is 1. The Morgan fingerprint density at radius 2 is 1.89 bits per heavy atom. The Labute approximate surface area is 166 Å². The number of hydrogen-bond acceptors (Lipinski definition) is 4. The molecule has 7 heteroatoms. The van der Waals surface area contributed by atoms with Crippen molar-refractivity contribution >= 4 is 12.0 Å². The van der Waals surface area contributed by atoms with Gasteiger partial charge in [0.05, 0.1) is 0 Å². The van der Waals surface area contributed by atoms with Gasteiger partial charge >= 0.3 is 6.09 Å². The van der Waals surface area contributed by atoms with Gasteiger partial charge in [-0.15, -0.1) is 0 Å². The molecule has 2 unspecified atom stereocenters. The van der Waals surface area contributed by atoms with Crippen molar-refractivity contribution in [2.75, 3.05) is 13.1 Å². The summed E-state index contributed by atoms with van der Waals surface area (Å²) in [6, 6.07) is 4.73. The lowest BCUT2D eigenvalue weighted by atomic mass is 9.82. The summed E-state index contributed by atoms with van der Waals surface area (Å²) in [5, 5.41) is 2.76. The van der Waals surface area contributed by atoms with Crippen molar-refractivity contribution in [3.63, 3.8) is 0 Å². The lowest BCUT2D eigenvalue weighted by Crippen LogP contribution is -2.56. The number of carbonyl (C=O) groups is 2. The smallest absolute Gasteiger partial charge is 0.408 e. The Morgan fingerprint density at radius 1 is 1.18 bits per heavy atom. The molecular formula is C21H31N3O4. The Bertz CT molecular complexity index is 809. The Morgan fingerprint density at radius 3 is 2.54 bits per heavy atom. The fourth-order valence-corrected chi connectivity index (χ4v) is 4.22. The van der Waals surface area contributed by atoms with Crippen LogP contribution in [0.15, 0.2) is 23.0 Å². The maximum atomic E-state index is 13.2. The molecule has 0 aliphatic carbocycles. The van der Waals surface area contributed by atoms with Crippen LogP contribution in [0.25, 0.3) is 0 Å². The quantitative estimate of drug-likeness (QED) is 0.860. The van der Waals surface area contributed by atoms with Crippen LogP contribution < -0.4 is 10.9 Å². The zero-order valence-corrected chi connectivity index (χ0v) is 17.4. The number of carbonyl (C=O) groups excluding carboxylic acids is 2. The second-order valence-electron chi connectivity index (χ2n) is 9.31. The first kappa shape index (κ1) is 20.4. The van der Waals surface area contributed by atoms with Gasteiger partial charge in [0, 0.05) is 37.3 Å². The number of alkyl carbamates (subject to hydrolysis) is 1. The van der Waals surface area contributed by atoms with Gasteiger partial charge in [0.15, 0.2) is 0 Å². The monoisotopic (exact) mass is 389 g/mol. The average Bonchev–Trinajstić information content (AvgIpc) is 2.58. The number of piperidine rings is 1. The highest BCUT2D eigenvalue weighted by molar-refractivity contribution is 5.86. The number of rotatable bonds is 3. The number of ether oxygens (including phenoxy) is 1. The van der Waals surface area contributed by atoms with Crippen LogP contribution in [0, 0.1) is 11.8 Å². The molecule has 2 aliphatic rings. The molecule has 7 nitrogen and oxygen atoms in total. The molecule has 0 radical (unpaired) electrons. The van der Waals surface area contributed by atoms with Crippen LogP contribution in [-0.2, 0) is 16.1 Å². The predicted molar refractivity (Wildman–Crippen MR) is 106 cm³/mol. The maximum absolute atomic E-state index is 13.2. The molecular weight excluding hydrogens is 358 g/mol. The van der Waals surface area contributed by atoms with Gasteiger partial charge in [-0.3, -0.25) is 9.59 Å². The molecule has 1 N–H and O–H groups in total. The minimum atomic E-state index is -0.633. The third-order valence-corrected chi connectivity index (χ3v) is 5.40. The Kier molecular flexibility index (Phi) is 5.55. The van der Waals surface area contributed by atoms with E-state index in [0.29, 0.717) is 19.6 Å². The molecule has 2 aliphatic heterocycles. The lowest BCUT2D eigenvalue weighted by Gasteiger charge is -2.44. The van der Waals surface area contributed by atoms with Crippen LogP contribution in [0.3, 0.4) is 0 Å². The van der Waals surface area contributed by atoms with Crippen molar-refractivity contribution in [1.29, 1.82) is 0 Å². The second kappa shape index (κ2) is 7.60. The van der Waals surface area contributed by atoms with E-state index in [1.807, 2.05) is 29.4 Å². The van der Waals surface area contributed by atoms with Crippen LogP contribution in [-0.4, -0.2) is 46.2 Å². The standard InChI is InChI=1S/C21H31N3O4/c1-13(2)18(22-20(27)28-21(3,4)5)19(26)23-10-14-9-15(12-23)16-7-6-8-17(25)24(16)11-14/h6-8,13-15,18H,9-12H2,1-5H3,(H,22,27)/t14?,15?,18-/m0/s1. The zero-order valence-electron chi connectivity index (χ0n) is 17.4. The topological polar surface area (TPSA) is 80.6 Å². The summed E-state index contributed by atoms with van der Waals surface area (Å²) in [4.78, 5) is 39.5. The van der Waals surface area contributed by atoms with Gasteiger partial charge in [0.2, 0.25) is 5.91 Å². The highest BCUT2D eigenvalue weighted by atomic mass is 16.6. The van der Waals surface area contributed by atoms with Gasteiger partial charge in [-0.2, -0.15) is 0 Å². The molecule has 0 spiro atoms. The fourth-order valence-electron chi connectivity index (χ4n) is 4.22. The summed E-state index contributed by atoms with van der Waals surface area (Å²) in [5.74, 6) is 0.267. The Balaban J connectivity index is 1.75. The Hall–Kier alpha value is -2.31. The molecule has 2 bridgehead atoms. The van der Waals surface area contributed by atoms with Crippen LogP contribution in [0.5, 0.6) is 0 Å². The second-order valence-corrected chi connectivity index (χ2v) is 9.31. The van der Waals surface area contributed by atoms with Gasteiger partial charge in [0.1, 0.15) is 11.6 Å². The van der Waals surface area contributed by atoms with Gasteiger partial charge < -0.3 is 19.5 Å². The average molecular weight is 389 g/mol. The van der Waals surface area contributed by atoms with Gasteiger partial charge in [-0.05, 0) is 45.1 Å². The first-order valence-corrected chi connectivity index (χ1v) is 10.0. The number of amides is 2. The molecule has 154 valence electrons. The van der Waals surface area contributed by atoms with E-state index in [4.69, 9.17) is 4.74 Å². The number of fused-ring (bicyclic) bond motifs is 4. The molecule has 28 heavy (non-hydrogen) atoms. The summed E-state index contributed by atoms with van der Waals surface area (Å²) in [6.07, 6.45) is 0.410. The van der Waals surface area contributed by atoms with Crippen molar-refractivity contribution < 1.29 is 14.3 Å². The van der Waals surface area contributed by atoms with Crippen molar-refractivity contribution in [3.8, 4) is 0 Å². The van der Waals surface area contributed by atoms with Crippen molar-refractivity contribution in [1.82, 2.24) is 14.8 Å². The van der Waals surface area contributed by atoms with Crippen molar-refractivity contribution in [2.45, 2.75) is 65.1 Å².